The first-order chi connectivity index (χ1) is 18.4. The second-order valence-corrected chi connectivity index (χ2v) is 12.0. The topological polar surface area (TPSA) is 128 Å². The molecular weight excluding hydrogens is 515 g/mol. The summed E-state index contributed by atoms with van der Waals surface area (Å²) in [5.74, 6) is -2.20. The fourth-order valence-corrected chi connectivity index (χ4v) is 5.87. The van der Waals surface area contributed by atoms with Gasteiger partial charge in [-0.3, -0.25) is 14.4 Å². The van der Waals surface area contributed by atoms with E-state index in [1.807, 2.05) is 31.2 Å². The maximum absolute atomic E-state index is 13.9. The van der Waals surface area contributed by atoms with Crippen LogP contribution in [0.2, 0.25) is 0 Å². The minimum absolute atomic E-state index is 0.0195. The fraction of sp³-hybridized carbons (Fsp3) is 0.379. The van der Waals surface area contributed by atoms with Crippen molar-refractivity contribution in [3.8, 4) is 10.4 Å². The normalized spacial score (nSPS) is 18.2. The van der Waals surface area contributed by atoms with Gasteiger partial charge in [0.1, 0.15) is 5.92 Å². The van der Waals surface area contributed by atoms with E-state index in [2.05, 4.69) is 4.98 Å². The van der Waals surface area contributed by atoms with E-state index in [1.165, 1.54) is 29.2 Å². The maximum Gasteiger partial charge on any atom is 0.488 e. The zero-order chi connectivity index (χ0) is 28.5. The van der Waals surface area contributed by atoms with E-state index in [4.69, 9.17) is 0 Å². The smallest absolute Gasteiger partial charge is 0.423 e. The average molecular weight is 548 g/mol. The number of carbonyl (C=O) groups excluding carboxylic acids is 3. The van der Waals surface area contributed by atoms with Crippen molar-refractivity contribution < 1.29 is 29.5 Å². The molecule has 1 amide bonds. The third-order valence-electron chi connectivity index (χ3n) is 7.14. The summed E-state index contributed by atoms with van der Waals surface area (Å²) in [6, 6.07) is 12.6. The summed E-state index contributed by atoms with van der Waals surface area (Å²) in [5.41, 5.74) is 4.28. The summed E-state index contributed by atoms with van der Waals surface area (Å²) < 4.78 is 0. The Hall–Kier alpha value is -3.18. The maximum atomic E-state index is 13.9. The van der Waals surface area contributed by atoms with Crippen molar-refractivity contribution in [3.63, 3.8) is 0 Å². The summed E-state index contributed by atoms with van der Waals surface area (Å²) in [7, 11) is -1.67. The number of thiazole rings is 1. The number of amides is 1. The quantitative estimate of drug-likeness (QED) is 0.224. The number of Topliss-reactive ketones (excluding diaryl/α,β-unsaturated/α-hetero) is 2. The molecule has 0 radical (unpaired) electrons. The molecular formula is C29H33BN2O6S. The number of aliphatic hydroxyl groups is 1. The molecule has 4 rings (SSSR count). The number of carbonyl (C=O) groups is 3. The third-order valence-corrected chi connectivity index (χ3v) is 8.12. The lowest BCUT2D eigenvalue weighted by Crippen LogP contribution is -2.49. The van der Waals surface area contributed by atoms with Crippen LogP contribution in [-0.4, -0.2) is 68.3 Å². The van der Waals surface area contributed by atoms with Gasteiger partial charge in [0.25, 0.3) is 0 Å². The van der Waals surface area contributed by atoms with Crippen LogP contribution in [-0.2, 0) is 16.0 Å². The van der Waals surface area contributed by atoms with Crippen LogP contribution in [0.4, 0.5) is 0 Å². The molecule has 39 heavy (non-hydrogen) atoms. The Morgan fingerprint density at radius 1 is 1.08 bits per heavy atom. The number of hydrogen-bond acceptors (Lipinski definition) is 8. The molecule has 1 aromatic heterocycles. The van der Waals surface area contributed by atoms with Crippen molar-refractivity contribution in [1.29, 1.82) is 0 Å². The van der Waals surface area contributed by atoms with Gasteiger partial charge < -0.3 is 20.1 Å². The SMILES string of the molecule is Cc1ncsc1-c1ccc(CC(=O)[C@@H]2C[C@@H](O)CN2C(=O)[C@H](C(=O)c2ccc(B(O)O)cc2)C(C)(C)C)cc1. The number of aliphatic hydroxyl groups excluding tert-OH is 1. The van der Waals surface area contributed by atoms with Crippen molar-refractivity contribution in [2.45, 2.75) is 52.7 Å². The van der Waals surface area contributed by atoms with E-state index in [-0.39, 0.29) is 36.2 Å². The van der Waals surface area contributed by atoms with E-state index in [9.17, 15) is 29.5 Å². The highest BCUT2D eigenvalue weighted by molar-refractivity contribution is 7.13. The van der Waals surface area contributed by atoms with Crippen LogP contribution >= 0.6 is 11.3 Å². The predicted octanol–water partition coefficient (Wildman–Crippen LogP) is 2.42. The zero-order valence-electron chi connectivity index (χ0n) is 22.5. The second-order valence-electron chi connectivity index (χ2n) is 11.2. The molecule has 3 aromatic rings. The molecule has 0 aliphatic carbocycles. The summed E-state index contributed by atoms with van der Waals surface area (Å²) >= 11 is 1.55. The third kappa shape index (κ3) is 6.36. The number of benzene rings is 2. The van der Waals surface area contributed by atoms with Crippen molar-refractivity contribution in [2.75, 3.05) is 6.54 Å². The molecule has 0 saturated carbocycles. The lowest BCUT2D eigenvalue weighted by atomic mass is 9.74. The average Bonchev–Trinajstić information content (AvgIpc) is 3.49. The standard InChI is InChI=1S/C29H33BN2O6S/c1-17-27(39-16-31-17)20-7-5-18(6-8-20)13-24(34)23-14-22(33)15-32(23)28(36)25(29(2,3)4)26(35)19-9-11-21(12-10-19)30(37)38/h5-12,16,22-23,25,33,37-38H,13-15H2,1-4H3/t22-,23+,25+/m1/s1. The lowest BCUT2D eigenvalue weighted by molar-refractivity contribution is -0.142. The highest BCUT2D eigenvalue weighted by atomic mass is 32.1. The Kier molecular flexibility index (Phi) is 8.51. The van der Waals surface area contributed by atoms with Crippen molar-refractivity contribution in [1.82, 2.24) is 9.88 Å². The largest absolute Gasteiger partial charge is 0.488 e. The van der Waals surface area contributed by atoms with Gasteiger partial charge in [-0.15, -0.1) is 11.3 Å². The highest BCUT2D eigenvalue weighted by Gasteiger charge is 2.46. The van der Waals surface area contributed by atoms with E-state index in [0.717, 1.165) is 21.7 Å². The Bertz CT molecular complexity index is 1350. The van der Waals surface area contributed by atoms with Crippen LogP contribution in [0.25, 0.3) is 10.4 Å². The number of ketones is 2. The first-order valence-electron chi connectivity index (χ1n) is 12.9. The molecule has 1 saturated heterocycles. The number of aromatic nitrogens is 1. The summed E-state index contributed by atoms with van der Waals surface area (Å²) in [4.78, 5) is 47.5. The Balaban J connectivity index is 1.53. The molecule has 2 aromatic carbocycles. The highest BCUT2D eigenvalue weighted by Crippen LogP contribution is 2.34. The van der Waals surface area contributed by atoms with E-state index in [1.54, 1.807) is 37.6 Å². The van der Waals surface area contributed by atoms with Gasteiger partial charge in [-0.1, -0.05) is 69.3 Å². The van der Waals surface area contributed by atoms with Crippen LogP contribution in [0.3, 0.4) is 0 Å². The summed E-state index contributed by atoms with van der Waals surface area (Å²) in [5, 5.41) is 29.2. The van der Waals surface area contributed by atoms with Gasteiger partial charge in [-0.2, -0.15) is 0 Å². The van der Waals surface area contributed by atoms with Crippen LogP contribution in [0.15, 0.2) is 54.0 Å². The Labute approximate surface area is 232 Å². The van der Waals surface area contributed by atoms with E-state index < -0.39 is 42.3 Å². The van der Waals surface area contributed by atoms with E-state index in [0.29, 0.717) is 0 Å². The number of hydrogen-bond donors (Lipinski definition) is 3. The molecule has 204 valence electrons. The number of rotatable bonds is 8. The molecule has 0 bridgehead atoms. The molecule has 0 unspecified atom stereocenters. The van der Waals surface area contributed by atoms with Gasteiger partial charge >= 0.3 is 7.12 Å². The van der Waals surface area contributed by atoms with Crippen LogP contribution in [0.1, 0.15) is 48.8 Å². The molecule has 1 fully saturated rings. The van der Waals surface area contributed by atoms with Gasteiger partial charge in [-0.25, -0.2) is 4.98 Å². The molecule has 1 aliphatic heterocycles. The summed E-state index contributed by atoms with van der Waals surface area (Å²) in [6.45, 7) is 7.29. The molecule has 3 N–H and O–H groups in total. The van der Waals surface area contributed by atoms with Crippen LogP contribution < -0.4 is 5.46 Å². The van der Waals surface area contributed by atoms with Gasteiger partial charge in [0.2, 0.25) is 5.91 Å². The number of nitrogens with zero attached hydrogens (tertiary/aromatic N) is 2. The minimum atomic E-state index is -1.67. The van der Waals surface area contributed by atoms with Crippen LogP contribution in [0.5, 0.6) is 0 Å². The second kappa shape index (κ2) is 11.5. The number of likely N-dealkylation sites (tertiary alicyclic amines) is 1. The van der Waals surface area contributed by atoms with Crippen molar-refractivity contribution in [2.24, 2.45) is 11.3 Å². The molecule has 0 spiro atoms. The summed E-state index contributed by atoms with van der Waals surface area (Å²) in [6.07, 6.45) is -0.639. The Morgan fingerprint density at radius 2 is 1.72 bits per heavy atom. The Morgan fingerprint density at radius 3 is 2.26 bits per heavy atom. The fourth-order valence-electron chi connectivity index (χ4n) is 5.06. The minimum Gasteiger partial charge on any atom is -0.423 e. The van der Waals surface area contributed by atoms with Crippen molar-refractivity contribution in [3.05, 3.63) is 70.9 Å². The van der Waals surface area contributed by atoms with Crippen molar-refractivity contribution >= 4 is 41.4 Å². The van der Waals surface area contributed by atoms with Gasteiger partial charge in [0.15, 0.2) is 11.6 Å². The molecule has 8 nitrogen and oxygen atoms in total. The predicted molar refractivity (Wildman–Crippen MR) is 151 cm³/mol. The van der Waals surface area contributed by atoms with Crippen LogP contribution in [0, 0.1) is 18.3 Å². The first-order valence-corrected chi connectivity index (χ1v) is 13.8. The first kappa shape index (κ1) is 28.8. The number of β-amino-alcohol motifs (C(OH)–C–C–N with tert-alkyl or cyclic N) is 1. The van der Waals surface area contributed by atoms with Gasteiger partial charge in [-0.05, 0) is 28.9 Å². The molecule has 1 aliphatic rings. The van der Waals surface area contributed by atoms with Gasteiger partial charge in [0.05, 0.1) is 28.2 Å². The molecule has 3 atom stereocenters. The zero-order valence-corrected chi connectivity index (χ0v) is 23.3. The van der Waals surface area contributed by atoms with Gasteiger partial charge in [0, 0.05) is 24.9 Å². The monoisotopic (exact) mass is 548 g/mol. The van der Waals surface area contributed by atoms with E-state index >= 15 is 0 Å². The molecule has 2 heterocycles. The lowest BCUT2D eigenvalue weighted by Gasteiger charge is -2.34. The number of aryl methyl sites for hydroxylation is 1. The molecule has 10 heteroatoms.